The van der Waals surface area contributed by atoms with Crippen molar-refractivity contribution in [3.05, 3.63) is 0 Å². The first kappa shape index (κ1) is 6.93. The molecule has 1 nitrogen and oxygen atoms in total. The quantitative estimate of drug-likeness (QED) is 0.429. The molecule has 0 amide bonds. The molecule has 0 bridgehead atoms. The summed E-state index contributed by atoms with van der Waals surface area (Å²) in [5, 5.41) is 0. The number of alkyl halides is 1. The SMILES string of the molecule is FNC1(F)CCCCC1. The highest BCUT2D eigenvalue weighted by molar-refractivity contribution is 4.76. The molecule has 0 heterocycles. The Morgan fingerprint density at radius 1 is 1.11 bits per heavy atom. The third-order valence-electron chi connectivity index (χ3n) is 1.82. The summed E-state index contributed by atoms with van der Waals surface area (Å²) in [5.41, 5.74) is 1.21. The molecule has 54 valence electrons. The van der Waals surface area contributed by atoms with E-state index in [-0.39, 0.29) is 0 Å². The molecule has 0 aromatic heterocycles. The molecule has 0 aliphatic heterocycles. The van der Waals surface area contributed by atoms with Gasteiger partial charge in [0.05, 0.1) is 0 Å². The molecule has 0 aromatic carbocycles. The van der Waals surface area contributed by atoms with Crippen molar-refractivity contribution in [2.75, 3.05) is 0 Å². The van der Waals surface area contributed by atoms with E-state index in [1.165, 1.54) is 5.54 Å². The van der Waals surface area contributed by atoms with Crippen LogP contribution in [0.15, 0.2) is 0 Å². The molecular formula is C6H11F2N. The fraction of sp³-hybridized carbons (Fsp3) is 1.00. The van der Waals surface area contributed by atoms with E-state index in [1.807, 2.05) is 0 Å². The number of hydrogen-bond acceptors (Lipinski definition) is 1. The van der Waals surface area contributed by atoms with Crippen LogP contribution in [0, 0.1) is 0 Å². The summed E-state index contributed by atoms with van der Waals surface area (Å²) in [5.74, 6) is -1.70. The molecule has 0 aromatic rings. The summed E-state index contributed by atoms with van der Waals surface area (Å²) < 4.78 is 24.5. The van der Waals surface area contributed by atoms with Gasteiger partial charge in [-0.3, -0.25) is 0 Å². The summed E-state index contributed by atoms with van der Waals surface area (Å²) in [6, 6.07) is 0. The van der Waals surface area contributed by atoms with E-state index < -0.39 is 5.79 Å². The van der Waals surface area contributed by atoms with E-state index in [0.29, 0.717) is 12.8 Å². The van der Waals surface area contributed by atoms with E-state index >= 15 is 0 Å². The molecule has 3 heteroatoms. The van der Waals surface area contributed by atoms with Crippen LogP contribution >= 0.6 is 0 Å². The van der Waals surface area contributed by atoms with Crippen molar-refractivity contribution in [2.45, 2.75) is 37.9 Å². The average Bonchev–Trinajstić information content (AvgIpc) is 1.90. The molecule has 1 N–H and O–H groups in total. The fourth-order valence-corrected chi connectivity index (χ4v) is 1.21. The van der Waals surface area contributed by atoms with Gasteiger partial charge in [-0.05, 0) is 25.7 Å². The monoisotopic (exact) mass is 135 g/mol. The van der Waals surface area contributed by atoms with Gasteiger partial charge in [-0.25, -0.2) is 4.39 Å². The van der Waals surface area contributed by atoms with Crippen molar-refractivity contribution in [1.82, 2.24) is 5.54 Å². The van der Waals surface area contributed by atoms with Crippen LogP contribution in [0.25, 0.3) is 0 Å². The largest absolute Gasteiger partial charge is 0.224 e. The van der Waals surface area contributed by atoms with Crippen molar-refractivity contribution < 1.29 is 8.87 Å². The smallest absolute Gasteiger partial charge is 0.187 e. The predicted molar refractivity (Wildman–Crippen MR) is 31.2 cm³/mol. The van der Waals surface area contributed by atoms with Crippen molar-refractivity contribution in [3.63, 3.8) is 0 Å². The third-order valence-corrected chi connectivity index (χ3v) is 1.82. The Bertz CT molecular complexity index is 89.1. The number of hydrogen-bond donors (Lipinski definition) is 1. The number of nitrogens with one attached hydrogen (secondary N) is 1. The van der Waals surface area contributed by atoms with E-state index in [4.69, 9.17) is 0 Å². The van der Waals surface area contributed by atoms with E-state index in [1.54, 1.807) is 0 Å². The summed E-state index contributed by atoms with van der Waals surface area (Å²) in [6.07, 6.45) is 3.28. The lowest BCUT2D eigenvalue weighted by atomic mass is 9.94. The molecule has 1 aliphatic rings. The summed E-state index contributed by atoms with van der Waals surface area (Å²) in [7, 11) is 0. The van der Waals surface area contributed by atoms with Crippen LogP contribution in [0.4, 0.5) is 8.87 Å². The number of rotatable bonds is 1. The van der Waals surface area contributed by atoms with Gasteiger partial charge in [0.25, 0.3) is 0 Å². The van der Waals surface area contributed by atoms with Crippen LogP contribution in [0.2, 0.25) is 0 Å². The van der Waals surface area contributed by atoms with E-state index in [0.717, 1.165) is 19.3 Å². The molecule has 0 radical (unpaired) electrons. The molecule has 0 atom stereocenters. The van der Waals surface area contributed by atoms with Gasteiger partial charge in [0.1, 0.15) is 0 Å². The van der Waals surface area contributed by atoms with Gasteiger partial charge in [0.15, 0.2) is 5.79 Å². The minimum atomic E-state index is -1.70. The maximum absolute atomic E-state index is 12.8. The van der Waals surface area contributed by atoms with Crippen LogP contribution in [-0.2, 0) is 0 Å². The van der Waals surface area contributed by atoms with Crippen LogP contribution in [-0.4, -0.2) is 5.79 Å². The van der Waals surface area contributed by atoms with Gasteiger partial charge in [0, 0.05) is 0 Å². The summed E-state index contributed by atoms with van der Waals surface area (Å²) in [4.78, 5) is 0. The highest BCUT2D eigenvalue weighted by atomic mass is 19.2. The Kier molecular flexibility index (Phi) is 2.01. The zero-order chi connectivity index (χ0) is 6.74. The van der Waals surface area contributed by atoms with Crippen LogP contribution in [0.3, 0.4) is 0 Å². The average molecular weight is 135 g/mol. The number of halogens is 2. The first-order valence-electron chi connectivity index (χ1n) is 3.34. The summed E-state index contributed by atoms with van der Waals surface area (Å²) >= 11 is 0. The Morgan fingerprint density at radius 3 is 2.00 bits per heavy atom. The highest BCUT2D eigenvalue weighted by Crippen LogP contribution is 2.28. The van der Waals surface area contributed by atoms with E-state index in [2.05, 4.69) is 0 Å². The Hall–Kier alpha value is -0.180. The maximum atomic E-state index is 12.8. The Labute approximate surface area is 53.4 Å². The van der Waals surface area contributed by atoms with Crippen LogP contribution in [0.5, 0.6) is 0 Å². The van der Waals surface area contributed by atoms with Crippen LogP contribution < -0.4 is 5.54 Å². The zero-order valence-corrected chi connectivity index (χ0v) is 5.29. The lowest BCUT2D eigenvalue weighted by Gasteiger charge is -2.25. The lowest BCUT2D eigenvalue weighted by molar-refractivity contribution is 0.000486. The predicted octanol–water partition coefficient (Wildman–Crippen LogP) is 2.09. The first-order valence-corrected chi connectivity index (χ1v) is 3.34. The van der Waals surface area contributed by atoms with Crippen molar-refractivity contribution in [2.24, 2.45) is 0 Å². The minimum absolute atomic E-state index is 0.323. The van der Waals surface area contributed by atoms with Crippen LogP contribution in [0.1, 0.15) is 32.1 Å². The van der Waals surface area contributed by atoms with Crippen molar-refractivity contribution in [3.8, 4) is 0 Å². The molecule has 1 rings (SSSR count). The van der Waals surface area contributed by atoms with Crippen molar-refractivity contribution in [1.29, 1.82) is 0 Å². The second-order valence-corrected chi connectivity index (χ2v) is 2.62. The second kappa shape index (κ2) is 2.60. The molecule has 1 saturated carbocycles. The fourth-order valence-electron chi connectivity index (χ4n) is 1.21. The maximum Gasteiger partial charge on any atom is 0.187 e. The molecule has 1 fully saturated rings. The van der Waals surface area contributed by atoms with E-state index in [9.17, 15) is 8.87 Å². The normalized spacial score (nSPS) is 26.0. The second-order valence-electron chi connectivity index (χ2n) is 2.62. The molecule has 1 aliphatic carbocycles. The van der Waals surface area contributed by atoms with Gasteiger partial charge < -0.3 is 0 Å². The molecule has 0 saturated heterocycles. The third kappa shape index (κ3) is 1.61. The van der Waals surface area contributed by atoms with Crippen molar-refractivity contribution >= 4 is 0 Å². The molecule has 9 heavy (non-hydrogen) atoms. The van der Waals surface area contributed by atoms with Gasteiger partial charge in [-0.2, -0.15) is 0 Å². The Morgan fingerprint density at radius 2 is 1.67 bits per heavy atom. The minimum Gasteiger partial charge on any atom is -0.224 e. The molecule has 0 spiro atoms. The van der Waals surface area contributed by atoms with Gasteiger partial charge >= 0.3 is 0 Å². The standard InChI is InChI=1S/C6H11F2N/c7-6(9-8)4-2-1-3-5-6/h9H,1-5H2. The zero-order valence-electron chi connectivity index (χ0n) is 5.29. The van der Waals surface area contributed by atoms with Gasteiger partial charge in [0.2, 0.25) is 0 Å². The highest BCUT2D eigenvalue weighted by Gasteiger charge is 2.31. The molecular weight excluding hydrogens is 124 g/mol. The summed E-state index contributed by atoms with van der Waals surface area (Å²) in [6.45, 7) is 0. The topological polar surface area (TPSA) is 12.0 Å². The Balaban J connectivity index is 2.37. The van der Waals surface area contributed by atoms with Gasteiger partial charge in [-0.1, -0.05) is 6.42 Å². The first-order chi connectivity index (χ1) is 4.27. The van der Waals surface area contributed by atoms with Gasteiger partial charge in [-0.15, -0.1) is 10.0 Å². The molecule has 0 unspecified atom stereocenters. The lowest BCUT2D eigenvalue weighted by Crippen LogP contribution is -2.37.